The molecule has 0 aliphatic carbocycles. The number of piperidine rings is 4. The van der Waals surface area contributed by atoms with E-state index in [1.54, 1.807) is 48.3 Å². The average molecular weight is 1780 g/mol. The van der Waals surface area contributed by atoms with Crippen molar-refractivity contribution in [3.63, 3.8) is 0 Å². The topological polar surface area (TPSA) is 249 Å². The number of nitrogens with zero attached hydrogens (tertiary/aromatic N) is 15. The number of rotatable bonds is 13. The number of pyridine rings is 1. The van der Waals surface area contributed by atoms with Crippen LogP contribution in [0.4, 0.5) is 4.39 Å². The van der Waals surface area contributed by atoms with Gasteiger partial charge in [0.15, 0.2) is 17.1 Å². The molecule has 132 heavy (non-hydrogen) atoms. The second-order valence-electron chi connectivity index (χ2n) is 35.8. The maximum absolute atomic E-state index is 14.7. The molecule has 678 valence electrons. The van der Waals surface area contributed by atoms with E-state index in [2.05, 4.69) is 80.3 Å². The third-order valence-corrected chi connectivity index (χ3v) is 27.1. The number of benzene rings is 7. The van der Waals surface area contributed by atoms with Crippen LogP contribution in [0.1, 0.15) is 155 Å². The number of aryl methyl sites for hydroxylation is 4. The first-order valence-corrected chi connectivity index (χ1v) is 45.4. The molecule has 22 rings (SSSR count). The van der Waals surface area contributed by atoms with Crippen LogP contribution in [-0.2, 0) is 50.6 Å². The van der Waals surface area contributed by atoms with Gasteiger partial charge in [0.05, 0.1) is 114 Å². The number of aromatic nitrogens is 11. The molecular weight excluding hydrogens is 1670 g/mol. The molecule has 27 nitrogen and oxygen atoms in total. The summed E-state index contributed by atoms with van der Waals surface area (Å²) in [6.45, 7) is 15.3. The summed E-state index contributed by atoms with van der Waals surface area (Å²) in [5.74, 6) is 5.68. The molecule has 7 aromatic carbocycles. The lowest BCUT2D eigenvalue weighted by molar-refractivity contribution is -0.00941. The van der Waals surface area contributed by atoms with Crippen LogP contribution in [0.2, 0.25) is 0 Å². The Balaban J connectivity index is 0.000000114. The number of carbonyl (C=O) groups is 4. The van der Waals surface area contributed by atoms with Crippen molar-refractivity contribution in [2.75, 3.05) is 73.2 Å². The molecule has 4 saturated heterocycles. The number of halogens is 1. The summed E-state index contributed by atoms with van der Waals surface area (Å²) in [4.78, 5) is 65.1. The molecule has 0 atom stereocenters. The summed E-state index contributed by atoms with van der Waals surface area (Å²) in [6, 6.07) is 57.9. The average Bonchev–Trinajstić information content (AvgIpc) is 1.50. The number of likely N-dealkylation sites (tertiary alicyclic amines) is 4. The first-order chi connectivity index (χ1) is 64.0. The molecule has 0 unspecified atom stereocenters. The molecule has 8 aliphatic rings. The summed E-state index contributed by atoms with van der Waals surface area (Å²) in [6.07, 6.45) is 19.6. The highest BCUT2D eigenvalue weighted by Gasteiger charge is 2.51. The van der Waals surface area contributed by atoms with Crippen LogP contribution in [0.25, 0.3) is 56.2 Å². The largest absolute Gasteiger partial charge is 0.497 e. The van der Waals surface area contributed by atoms with Crippen molar-refractivity contribution in [1.29, 1.82) is 0 Å². The van der Waals surface area contributed by atoms with Crippen LogP contribution in [0.15, 0.2) is 225 Å². The Kier molecular flexibility index (Phi) is 23.3. The van der Waals surface area contributed by atoms with Crippen molar-refractivity contribution in [1.82, 2.24) is 72.8 Å². The van der Waals surface area contributed by atoms with E-state index in [0.29, 0.717) is 125 Å². The zero-order valence-electron chi connectivity index (χ0n) is 76.2. The molecule has 0 bridgehead atoms. The minimum absolute atomic E-state index is 0.000249. The predicted molar refractivity (Wildman–Crippen MR) is 497 cm³/mol. The van der Waals surface area contributed by atoms with Crippen molar-refractivity contribution in [3.05, 3.63) is 282 Å². The monoisotopic (exact) mass is 1780 g/mol. The minimum atomic E-state index is -0.564. The number of para-hydroxylation sites is 5. The lowest BCUT2D eigenvalue weighted by Gasteiger charge is -2.45. The lowest BCUT2D eigenvalue weighted by atomic mass is 9.81. The Morgan fingerprint density at radius 2 is 0.939 bits per heavy atom. The normalized spacial score (nSPS) is 16.3. The lowest BCUT2D eigenvalue weighted by Crippen LogP contribution is -2.50. The van der Waals surface area contributed by atoms with Crippen LogP contribution in [-0.4, -0.2) is 176 Å². The zero-order chi connectivity index (χ0) is 91.5. The van der Waals surface area contributed by atoms with Crippen molar-refractivity contribution in [2.45, 2.75) is 121 Å². The molecule has 0 radical (unpaired) electrons. The van der Waals surface area contributed by atoms with Crippen molar-refractivity contribution in [3.8, 4) is 91.1 Å². The van der Waals surface area contributed by atoms with Gasteiger partial charge in [0.25, 0.3) is 23.6 Å². The first kappa shape index (κ1) is 86.9. The molecule has 7 aromatic heterocycles. The third-order valence-electron chi connectivity index (χ3n) is 27.1. The van der Waals surface area contributed by atoms with Crippen molar-refractivity contribution < 1.29 is 61.5 Å². The van der Waals surface area contributed by atoms with E-state index in [-0.39, 0.29) is 35.3 Å². The predicted octanol–water partition coefficient (Wildman–Crippen LogP) is 17.6. The fourth-order valence-corrected chi connectivity index (χ4v) is 20.1. The van der Waals surface area contributed by atoms with Crippen molar-refractivity contribution >= 4 is 34.7 Å². The van der Waals surface area contributed by atoms with E-state index >= 15 is 0 Å². The van der Waals surface area contributed by atoms with Gasteiger partial charge in [-0.25, -0.2) is 9.07 Å². The SMILES string of the molecule is CC(C)Oc1ccc(C(=O)N2CCC3(CC2)Oc2ccccc2-c2c3cnn2C)c(F)c1.COc1cc(C(=O)N2CCC3(CC2)Oc2ccccc2-n2cccc23)ccc1OCCC(C)C.COc1ccc(-n2ncc(C(=O)N3CCC4(CC3)Oc3ccccc3-c3c4cnn3C)c2C)cc1.Cn1ncc2c1-c1ccccc1OC21CCN(C(=O)c2cn(C)c3cccnc23)CC1. The van der Waals surface area contributed by atoms with Gasteiger partial charge in [0.1, 0.15) is 62.6 Å². The van der Waals surface area contributed by atoms with Crippen LogP contribution >= 0.6 is 0 Å². The number of carbonyl (C=O) groups excluding carboxylic acids is 4. The molecule has 28 heteroatoms. The number of hydrogen-bond donors (Lipinski definition) is 0. The van der Waals surface area contributed by atoms with Gasteiger partial charge in [-0.1, -0.05) is 62.4 Å². The summed E-state index contributed by atoms with van der Waals surface area (Å²) in [5.41, 5.74) is 15.4. The van der Waals surface area contributed by atoms with E-state index in [4.69, 9.17) is 37.9 Å². The Bertz CT molecular complexity index is 6680. The summed E-state index contributed by atoms with van der Waals surface area (Å²) < 4.78 is 74.9. The van der Waals surface area contributed by atoms with E-state index in [1.165, 1.54) is 12.1 Å². The van der Waals surface area contributed by atoms with Gasteiger partial charge < -0.3 is 66.6 Å². The molecule has 4 spiro atoms. The number of fused-ring (bicyclic) bond motifs is 17. The summed E-state index contributed by atoms with van der Waals surface area (Å²) in [7, 11) is 11.1. The van der Waals surface area contributed by atoms with Crippen LogP contribution in [0.3, 0.4) is 0 Å². The molecule has 0 N–H and O–H groups in total. The Labute approximate surface area is 765 Å². The van der Waals surface area contributed by atoms with E-state index in [9.17, 15) is 23.6 Å². The number of hydrogen-bond acceptors (Lipinski definition) is 17. The third kappa shape index (κ3) is 15.9. The van der Waals surface area contributed by atoms with E-state index in [0.717, 1.165) is 145 Å². The van der Waals surface area contributed by atoms with Gasteiger partial charge in [-0.15, -0.1) is 0 Å². The van der Waals surface area contributed by atoms with E-state index in [1.807, 2.05) is 234 Å². The minimum Gasteiger partial charge on any atom is -0.497 e. The maximum atomic E-state index is 14.7. The van der Waals surface area contributed by atoms with Gasteiger partial charge in [0.2, 0.25) is 0 Å². The molecule has 4 fully saturated rings. The Morgan fingerprint density at radius 3 is 1.45 bits per heavy atom. The van der Waals surface area contributed by atoms with Crippen molar-refractivity contribution in [2.24, 2.45) is 34.1 Å². The number of amides is 4. The molecule has 0 saturated carbocycles. The van der Waals surface area contributed by atoms with Gasteiger partial charge >= 0.3 is 0 Å². The number of methoxy groups -OCH3 is 2. The first-order valence-electron chi connectivity index (χ1n) is 45.4. The fraction of sp³-hybridized carbons (Fsp3) is 0.337. The Hall–Kier alpha value is -14.4. The molecule has 14 aromatic rings. The Morgan fingerprint density at radius 1 is 0.462 bits per heavy atom. The smallest absolute Gasteiger partial charge is 0.257 e. The van der Waals surface area contributed by atoms with Gasteiger partial charge in [-0.2, -0.15) is 20.4 Å². The second-order valence-corrected chi connectivity index (χ2v) is 35.8. The van der Waals surface area contributed by atoms with Gasteiger partial charge in [-0.05, 0) is 161 Å². The number of ether oxygens (including phenoxy) is 8. The van der Waals surface area contributed by atoms with Gasteiger partial charge in [0, 0.05) is 196 Å². The molecular formula is C104H108FN15O12. The van der Waals surface area contributed by atoms with Crippen LogP contribution < -0.4 is 37.9 Å². The summed E-state index contributed by atoms with van der Waals surface area (Å²) in [5, 5.41) is 18.0. The highest BCUT2D eigenvalue weighted by molar-refractivity contribution is 6.05. The molecule has 15 heterocycles. The van der Waals surface area contributed by atoms with Crippen LogP contribution in [0, 0.1) is 18.7 Å². The molecule has 4 amide bonds. The second kappa shape index (κ2) is 35.4. The van der Waals surface area contributed by atoms with Crippen LogP contribution in [0.5, 0.6) is 46.0 Å². The van der Waals surface area contributed by atoms with Gasteiger partial charge in [-0.3, -0.25) is 38.2 Å². The highest BCUT2D eigenvalue weighted by Crippen LogP contribution is 2.54. The summed E-state index contributed by atoms with van der Waals surface area (Å²) >= 11 is 0. The fourth-order valence-electron chi connectivity index (χ4n) is 20.1. The van der Waals surface area contributed by atoms with E-state index < -0.39 is 28.2 Å². The standard InChI is InChI=1S/C28H32N2O4.C27H27N5O3.C25H26FN3O3.C24H23N5O2/c1-20(2)12-18-33-24-11-10-21(19-25(24)32-3)27(31)29-16-13-28(14-17-29)26-9-6-15-30(26)22-7-4-5-8-23(22)34-28;1-18-22(16-29-32(18)19-8-10-20(34-3)11-9-19)26(33)31-14-12-27(13-15-31)23-17-28-30(2)25(23)21-6-4-5-7-24(21)35-27;1-16(2)31-17-8-9-18(21(26)14-17)24(30)29-12-10-25(11-13-29)20-15-27-28(3)23(20)19-6-4-5-7-22(19)32-25;1-27-15-17(21-19(27)7-5-11-25-21)23(30)29-12-9-24(10-13-29)18-14-26-28(2)22(18)16-6-3-4-8-20(16)31-24/h4-11,15,19-20H,12-14,16-18H2,1-3H3;4-11,16-17H,12-15H2,1-3H3;4-9,14-16H,10-13H2,1-3H3;3-8,11,14-15H,9-10,12-13H2,1-2H3. The highest BCUT2D eigenvalue weighted by atomic mass is 19.1. The maximum Gasteiger partial charge on any atom is 0.257 e. The molecule has 8 aliphatic heterocycles. The zero-order valence-corrected chi connectivity index (χ0v) is 76.2. The quantitative estimate of drug-likeness (QED) is 0.104.